The number of nitrogens with two attached hydrogens (primary N) is 1. The number of likely N-dealkylation sites (tertiary alicyclic amines) is 1. The van der Waals surface area contributed by atoms with Crippen molar-refractivity contribution in [2.24, 2.45) is 22.6 Å². The van der Waals surface area contributed by atoms with Crippen LogP contribution >= 0.6 is 0 Å². The molecule has 0 bridgehead atoms. The molecule has 3 aromatic carbocycles. The Bertz CT molecular complexity index is 1520. The highest BCUT2D eigenvalue weighted by Crippen LogP contribution is 2.49. The summed E-state index contributed by atoms with van der Waals surface area (Å²) in [5, 5.41) is 0. The van der Waals surface area contributed by atoms with Gasteiger partial charge in [0, 0.05) is 30.4 Å². The predicted molar refractivity (Wildman–Crippen MR) is 184 cm³/mol. The molecule has 1 aliphatic carbocycles. The predicted octanol–water partition coefficient (Wildman–Crippen LogP) is 8.00. The van der Waals surface area contributed by atoms with E-state index in [0.29, 0.717) is 35.7 Å². The van der Waals surface area contributed by atoms with Gasteiger partial charge in [-0.25, -0.2) is 0 Å². The van der Waals surface area contributed by atoms with E-state index in [1.54, 1.807) is 12.1 Å². The minimum Gasteiger partial charge on any atom is -0.494 e. The molecule has 6 rings (SSSR count). The molecule has 3 aliphatic rings. The fraction of sp³-hybridized carbons (Fsp3) is 0.425. The SMILES string of the molecule is NC(=O)c1cccc(OCCCC2(CC(c3ccccc3)C3CCCCC3)N=CC=C2C2CCN(C(=O)c3ccccc3)CC2)c1. The van der Waals surface area contributed by atoms with Gasteiger partial charge in [-0.2, -0.15) is 0 Å². The number of amides is 2. The zero-order chi connectivity index (χ0) is 31.8. The zero-order valence-corrected chi connectivity index (χ0v) is 26.9. The highest BCUT2D eigenvalue weighted by Gasteiger charge is 2.43. The molecule has 1 saturated heterocycles. The lowest BCUT2D eigenvalue weighted by Gasteiger charge is -2.42. The molecular formula is C40H47N3O3. The summed E-state index contributed by atoms with van der Waals surface area (Å²) in [6.07, 6.45) is 15.5. The molecule has 2 amide bonds. The molecule has 0 radical (unpaired) electrons. The number of primary amides is 1. The van der Waals surface area contributed by atoms with Gasteiger partial charge in [0.25, 0.3) is 5.91 Å². The molecule has 6 nitrogen and oxygen atoms in total. The molecule has 2 heterocycles. The minimum atomic E-state index is -0.453. The van der Waals surface area contributed by atoms with Crippen LogP contribution in [-0.2, 0) is 0 Å². The van der Waals surface area contributed by atoms with Crippen molar-refractivity contribution in [2.45, 2.75) is 75.7 Å². The van der Waals surface area contributed by atoms with E-state index < -0.39 is 5.91 Å². The van der Waals surface area contributed by atoms with E-state index in [4.69, 9.17) is 15.5 Å². The summed E-state index contributed by atoms with van der Waals surface area (Å²) < 4.78 is 6.15. The molecule has 240 valence electrons. The molecule has 0 spiro atoms. The number of aliphatic imine (C=N–C) groups is 1. The van der Waals surface area contributed by atoms with Gasteiger partial charge < -0.3 is 15.4 Å². The molecule has 46 heavy (non-hydrogen) atoms. The molecule has 0 aromatic heterocycles. The second-order valence-electron chi connectivity index (χ2n) is 13.3. The fourth-order valence-electron chi connectivity index (χ4n) is 8.10. The van der Waals surface area contributed by atoms with E-state index >= 15 is 0 Å². The fourth-order valence-corrected chi connectivity index (χ4v) is 8.10. The van der Waals surface area contributed by atoms with Gasteiger partial charge in [-0.1, -0.05) is 73.9 Å². The monoisotopic (exact) mass is 617 g/mol. The lowest BCUT2D eigenvalue weighted by atomic mass is 9.66. The average Bonchev–Trinajstić information content (AvgIpc) is 3.53. The molecule has 6 heteroatoms. The van der Waals surface area contributed by atoms with Crippen molar-refractivity contribution in [3.05, 3.63) is 113 Å². The van der Waals surface area contributed by atoms with Crippen molar-refractivity contribution in [3.8, 4) is 5.75 Å². The number of hydrogen-bond acceptors (Lipinski definition) is 4. The summed E-state index contributed by atoms with van der Waals surface area (Å²) in [6, 6.07) is 27.9. The third kappa shape index (κ3) is 7.43. The molecule has 2 unspecified atom stereocenters. The van der Waals surface area contributed by atoms with Gasteiger partial charge in [-0.3, -0.25) is 14.6 Å². The van der Waals surface area contributed by atoms with Crippen molar-refractivity contribution in [1.29, 1.82) is 0 Å². The average molecular weight is 618 g/mol. The van der Waals surface area contributed by atoms with Crippen LogP contribution < -0.4 is 10.5 Å². The molecular weight excluding hydrogens is 570 g/mol. The number of carbonyl (C=O) groups is 2. The van der Waals surface area contributed by atoms with Crippen LogP contribution in [-0.4, -0.2) is 48.2 Å². The normalized spacial score (nSPS) is 21.1. The summed E-state index contributed by atoms with van der Waals surface area (Å²) in [5.41, 5.74) is 9.28. The first kappa shape index (κ1) is 31.8. The number of carbonyl (C=O) groups excluding carboxylic acids is 2. The maximum Gasteiger partial charge on any atom is 0.253 e. The maximum atomic E-state index is 13.2. The van der Waals surface area contributed by atoms with Crippen LogP contribution in [0.2, 0.25) is 0 Å². The van der Waals surface area contributed by atoms with Crippen molar-refractivity contribution in [2.75, 3.05) is 19.7 Å². The Labute approximate surface area is 273 Å². The van der Waals surface area contributed by atoms with Crippen LogP contribution in [0.4, 0.5) is 0 Å². The van der Waals surface area contributed by atoms with Gasteiger partial charge in [0.2, 0.25) is 5.91 Å². The minimum absolute atomic E-state index is 0.126. The highest BCUT2D eigenvalue weighted by atomic mass is 16.5. The van der Waals surface area contributed by atoms with Gasteiger partial charge >= 0.3 is 0 Å². The quantitative estimate of drug-likeness (QED) is 0.209. The molecule has 2 aliphatic heterocycles. The molecule has 1 saturated carbocycles. The van der Waals surface area contributed by atoms with Crippen LogP contribution in [0.25, 0.3) is 0 Å². The van der Waals surface area contributed by atoms with Gasteiger partial charge in [-0.15, -0.1) is 0 Å². The van der Waals surface area contributed by atoms with Crippen LogP contribution in [0.1, 0.15) is 96.4 Å². The highest BCUT2D eigenvalue weighted by molar-refractivity contribution is 5.94. The number of hydrogen-bond donors (Lipinski definition) is 1. The number of rotatable bonds is 12. The number of nitrogens with zero attached hydrogens (tertiary/aromatic N) is 2. The first-order chi connectivity index (χ1) is 22.5. The Hall–Kier alpha value is -4.19. The van der Waals surface area contributed by atoms with Gasteiger partial charge in [0.15, 0.2) is 0 Å². The number of piperidine rings is 1. The lowest BCUT2D eigenvalue weighted by molar-refractivity contribution is 0.0696. The van der Waals surface area contributed by atoms with Crippen molar-refractivity contribution < 1.29 is 14.3 Å². The molecule has 2 fully saturated rings. The Morgan fingerprint density at radius 3 is 2.28 bits per heavy atom. The van der Waals surface area contributed by atoms with E-state index in [2.05, 4.69) is 42.6 Å². The van der Waals surface area contributed by atoms with Crippen LogP contribution in [0.3, 0.4) is 0 Å². The van der Waals surface area contributed by atoms with Gasteiger partial charge in [-0.05, 0) is 110 Å². The zero-order valence-electron chi connectivity index (χ0n) is 26.9. The second kappa shape index (κ2) is 14.9. The van der Waals surface area contributed by atoms with Crippen LogP contribution in [0.5, 0.6) is 5.75 Å². The van der Waals surface area contributed by atoms with Crippen LogP contribution in [0.15, 0.2) is 102 Å². The number of benzene rings is 3. The van der Waals surface area contributed by atoms with Crippen molar-refractivity contribution in [3.63, 3.8) is 0 Å². The van der Waals surface area contributed by atoms with Crippen LogP contribution in [0, 0.1) is 11.8 Å². The summed E-state index contributed by atoms with van der Waals surface area (Å²) in [7, 11) is 0. The van der Waals surface area contributed by atoms with Gasteiger partial charge in [0.1, 0.15) is 5.75 Å². The Kier molecular flexibility index (Phi) is 10.3. The lowest BCUT2D eigenvalue weighted by Crippen LogP contribution is -2.42. The number of ether oxygens (including phenoxy) is 1. The van der Waals surface area contributed by atoms with E-state index in [9.17, 15) is 9.59 Å². The number of allylic oxidation sites excluding steroid dienone is 1. The molecule has 2 N–H and O–H groups in total. The third-order valence-corrected chi connectivity index (χ3v) is 10.5. The topological polar surface area (TPSA) is 85.0 Å². The molecule has 3 aromatic rings. The van der Waals surface area contributed by atoms with E-state index in [-0.39, 0.29) is 11.4 Å². The Morgan fingerprint density at radius 2 is 1.57 bits per heavy atom. The summed E-state index contributed by atoms with van der Waals surface area (Å²) in [4.78, 5) is 32.3. The third-order valence-electron chi connectivity index (χ3n) is 10.5. The summed E-state index contributed by atoms with van der Waals surface area (Å²) in [5.74, 6) is 1.82. The van der Waals surface area contributed by atoms with Gasteiger partial charge in [0.05, 0.1) is 12.1 Å². The van der Waals surface area contributed by atoms with E-state index in [1.807, 2.05) is 47.4 Å². The Morgan fingerprint density at radius 1 is 0.870 bits per heavy atom. The van der Waals surface area contributed by atoms with Crippen molar-refractivity contribution >= 4 is 18.0 Å². The van der Waals surface area contributed by atoms with Crippen molar-refractivity contribution in [1.82, 2.24) is 4.90 Å². The second-order valence-corrected chi connectivity index (χ2v) is 13.3. The molecule has 2 atom stereocenters. The Balaban J connectivity index is 1.21. The first-order valence-electron chi connectivity index (χ1n) is 17.2. The first-order valence-corrected chi connectivity index (χ1v) is 17.2. The standard InChI is InChI=1S/C40H47N3O3/c41-38(44)34-18-10-19-35(28-34)46-27-11-23-40(29-36(30-12-4-1-5-13-30)31-14-6-2-7-15-31)37(20-24-42-40)32-21-25-43(26-22-32)39(45)33-16-8-3-9-17-33/h1,3-5,8-10,12-13,16-20,24,28,31-32,36H,2,6-7,11,14-15,21-23,25-27,29H2,(H2,41,44). The largest absolute Gasteiger partial charge is 0.494 e. The summed E-state index contributed by atoms with van der Waals surface area (Å²) in [6.45, 7) is 2.06. The maximum absolute atomic E-state index is 13.2. The summed E-state index contributed by atoms with van der Waals surface area (Å²) >= 11 is 0. The van der Waals surface area contributed by atoms with E-state index in [0.717, 1.165) is 50.8 Å². The smallest absolute Gasteiger partial charge is 0.253 e. The van der Waals surface area contributed by atoms with E-state index in [1.165, 1.54) is 43.2 Å².